The number of nitrogens with zero attached hydrogens (tertiary/aromatic N) is 3. The van der Waals surface area contributed by atoms with Gasteiger partial charge in [0.25, 0.3) is 0 Å². The van der Waals surface area contributed by atoms with Crippen molar-refractivity contribution < 1.29 is 0 Å². The topological polar surface area (TPSA) is 52.0 Å². The number of likely N-dealkylation sites (N-methyl/N-ethyl adjacent to an activating group) is 1. The molecular formula is C12H19N5S. The van der Waals surface area contributed by atoms with Crippen molar-refractivity contribution in [3.63, 3.8) is 0 Å². The van der Waals surface area contributed by atoms with Crippen LogP contribution in [0.3, 0.4) is 0 Å². The molecule has 0 fully saturated rings. The summed E-state index contributed by atoms with van der Waals surface area (Å²) in [5.74, 6) is 1.65. The van der Waals surface area contributed by atoms with Crippen LogP contribution in [0.15, 0.2) is 27.5 Å². The number of hydrogen-bond donors (Lipinski definition) is 2. The first kappa shape index (κ1) is 12.9. The van der Waals surface area contributed by atoms with Gasteiger partial charge >= 0.3 is 0 Å². The Morgan fingerprint density at radius 1 is 1.56 bits per heavy atom. The third-order valence-corrected chi connectivity index (χ3v) is 3.69. The molecule has 0 amide bonds. The van der Waals surface area contributed by atoms with Crippen LogP contribution >= 0.6 is 11.3 Å². The standard InChI is InChI=1S/C12H19N5S/c1-9-14-11(13-2)16-12(15-9)17(3)7-6-10-5-4-8-18-10/h4-5,8-9H,6-7H2,1-3H3,(H2,13,14,15,16). The molecule has 1 aliphatic heterocycles. The highest BCUT2D eigenvalue weighted by molar-refractivity contribution is 7.09. The van der Waals surface area contributed by atoms with Crippen molar-refractivity contribution in [1.29, 1.82) is 0 Å². The predicted octanol–water partition coefficient (Wildman–Crippen LogP) is 1.10. The van der Waals surface area contributed by atoms with Gasteiger partial charge < -0.3 is 10.2 Å². The van der Waals surface area contributed by atoms with Crippen LogP contribution in [0.1, 0.15) is 11.8 Å². The number of rotatable bonds is 3. The van der Waals surface area contributed by atoms with Crippen LogP contribution < -0.4 is 10.6 Å². The van der Waals surface area contributed by atoms with Crippen molar-refractivity contribution >= 4 is 23.3 Å². The molecule has 98 valence electrons. The predicted molar refractivity (Wildman–Crippen MR) is 77.2 cm³/mol. The Hall–Kier alpha value is -1.56. The van der Waals surface area contributed by atoms with Crippen molar-refractivity contribution in [2.24, 2.45) is 9.98 Å². The SMILES string of the molecule is CN=C1NC(N(C)CCc2cccs2)=NC(C)N1. The van der Waals surface area contributed by atoms with E-state index in [1.165, 1.54) is 4.88 Å². The maximum absolute atomic E-state index is 4.52. The molecule has 6 heteroatoms. The van der Waals surface area contributed by atoms with Crippen molar-refractivity contribution in [3.05, 3.63) is 22.4 Å². The van der Waals surface area contributed by atoms with E-state index < -0.39 is 0 Å². The molecule has 0 aliphatic carbocycles. The summed E-state index contributed by atoms with van der Waals surface area (Å²) in [6.45, 7) is 2.95. The highest BCUT2D eigenvalue weighted by Gasteiger charge is 2.17. The van der Waals surface area contributed by atoms with Gasteiger partial charge in [-0.15, -0.1) is 11.3 Å². The third kappa shape index (κ3) is 3.22. The maximum Gasteiger partial charge on any atom is 0.202 e. The number of thiophene rings is 1. The summed E-state index contributed by atoms with van der Waals surface area (Å²) in [6, 6.07) is 4.25. The van der Waals surface area contributed by atoms with E-state index in [9.17, 15) is 0 Å². The Kier molecular flexibility index (Phi) is 4.19. The maximum atomic E-state index is 4.52. The first-order valence-electron chi connectivity index (χ1n) is 6.00. The molecule has 18 heavy (non-hydrogen) atoms. The molecule has 0 radical (unpaired) electrons. The van der Waals surface area contributed by atoms with Gasteiger partial charge in [0.2, 0.25) is 5.96 Å². The molecule has 5 nitrogen and oxygen atoms in total. The zero-order chi connectivity index (χ0) is 13.0. The highest BCUT2D eigenvalue weighted by atomic mass is 32.1. The summed E-state index contributed by atoms with van der Waals surface area (Å²) in [5.41, 5.74) is 0. The molecule has 1 aliphatic rings. The van der Waals surface area contributed by atoms with E-state index in [2.05, 4.69) is 43.0 Å². The molecular weight excluding hydrogens is 246 g/mol. The van der Waals surface area contributed by atoms with E-state index in [0.717, 1.165) is 24.9 Å². The fourth-order valence-electron chi connectivity index (χ4n) is 1.74. The third-order valence-electron chi connectivity index (χ3n) is 2.75. The molecule has 0 bridgehead atoms. The first-order valence-corrected chi connectivity index (χ1v) is 6.88. The van der Waals surface area contributed by atoms with E-state index >= 15 is 0 Å². The van der Waals surface area contributed by atoms with Gasteiger partial charge in [-0.3, -0.25) is 10.3 Å². The fourth-order valence-corrected chi connectivity index (χ4v) is 2.44. The molecule has 1 aromatic rings. The minimum atomic E-state index is 0.0594. The number of guanidine groups is 2. The highest BCUT2D eigenvalue weighted by Crippen LogP contribution is 2.09. The van der Waals surface area contributed by atoms with Gasteiger partial charge in [0.15, 0.2) is 5.96 Å². The molecule has 2 heterocycles. The second-order valence-corrected chi connectivity index (χ2v) is 5.25. The zero-order valence-electron chi connectivity index (χ0n) is 11.0. The monoisotopic (exact) mass is 265 g/mol. The summed E-state index contributed by atoms with van der Waals surface area (Å²) in [5, 5.41) is 8.44. The number of hydrogen-bond acceptors (Lipinski definition) is 4. The van der Waals surface area contributed by atoms with Crippen LogP contribution in [-0.2, 0) is 6.42 Å². The summed E-state index contributed by atoms with van der Waals surface area (Å²) in [6.07, 6.45) is 1.10. The van der Waals surface area contributed by atoms with Gasteiger partial charge in [0.05, 0.1) is 0 Å². The van der Waals surface area contributed by atoms with Gasteiger partial charge in [-0.25, -0.2) is 4.99 Å². The molecule has 0 saturated carbocycles. The van der Waals surface area contributed by atoms with E-state index in [0.29, 0.717) is 0 Å². The molecule has 1 atom stereocenters. The molecule has 2 rings (SSSR count). The van der Waals surface area contributed by atoms with E-state index in [-0.39, 0.29) is 6.17 Å². The second kappa shape index (κ2) is 5.86. The van der Waals surface area contributed by atoms with Crippen molar-refractivity contribution in [3.8, 4) is 0 Å². The van der Waals surface area contributed by atoms with E-state index in [4.69, 9.17) is 0 Å². The van der Waals surface area contributed by atoms with Crippen molar-refractivity contribution in [1.82, 2.24) is 15.5 Å². The van der Waals surface area contributed by atoms with Crippen LogP contribution in [-0.4, -0.2) is 43.6 Å². The van der Waals surface area contributed by atoms with Gasteiger partial charge in [0, 0.05) is 25.5 Å². The van der Waals surface area contributed by atoms with Crippen LogP contribution in [0.2, 0.25) is 0 Å². The van der Waals surface area contributed by atoms with Crippen molar-refractivity contribution in [2.45, 2.75) is 19.5 Å². The Balaban J connectivity index is 1.94. The number of aliphatic imine (C=N–C) groups is 2. The van der Waals surface area contributed by atoms with Crippen LogP contribution in [0.4, 0.5) is 0 Å². The van der Waals surface area contributed by atoms with Gasteiger partial charge in [-0.05, 0) is 24.8 Å². The molecule has 1 unspecified atom stereocenters. The summed E-state index contributed by atoms with van der Waals surface area (Å²) < 4.78 is 0. The van der Waals surface area contributed by atoms with E-state index in [1.54, 1.807) is 18.4 Å². The van der Waals surface area contributed by atoms with Crippen LogP contribution in [0.25, 0.3) is 0 Å². The Bertz CT molecular complexity index is 437. The molecule has 2 N–H and O–H groups in total. The quantitative estimate of drug-likeness (QED) is 0.860. The van der Waals surface area contributed by atoms with Gasteiger partial charge in [-0.2, -0.15) is 0 Å². The van der Waals surface area contributed by atoms with E-state index in [1.807, 2.05) is 14.0 Å². The Labute approximate surface area is 112 Å². The zero-order valence-corrected chi connectivity index (χ0v) is 11.8. The lowest BCUT2D eigenvalue weighted by Crippen LogP contribution is -2.54. The minimum absolute atomic E-state index is 0.0594. The average Bonchev–Trinajstić information content (AvgIpc) is 2.88. The first-order chi connectivity index (χ1) is 8.69. The molecule has 0 saturated heterocycles. The summed E-state index contributed by atoms with van der Waals surface area (Å²) >= 11 is 1.79. The lowest BCUT2D eigenvalue weighted by atomic mass is 10.3. The second-order valence-electron chi connectivity index (χ2n) is 4.22. The smallest absolute Gasteiger partial charge is 0.202 e. The molecule has 1 aromatic heterocycles. The van der Waals surface area contributed by atoms with Crippen LogP contribution in [0.5, 0.6) is 0 Å². The van der Waals surface area contributed by atoms with Gasteiger partial charge in [-0.1, -0.05) is 6.07 Å². The Morgan fingerprint density at radius 3 is 3.06 bits per heavy atom. The number of nitrogens with one attached hydrogen (secondary N) is 2. The fraction of sp³-hybridized carbons (Fsp3) is 0.500. The lowest BCUT2D eigenvalue weighted by Gasteiger charge is -2.28. The average molecular weight is 265 g/mol. The van der Waals surface area contributed by atoms with Crippen molar-refractivity contribution in [2.75, 3.05) is 20.6 Å². The van der Waals surface area contributed by atoms with Crippen LogP contribution in [0, 0.1) is 0 Å². The molecule has 0 aromatic carbocycles. The summed E-state index contributed by atoms with van der Waals surface area (Å²) in [4.78, 5) is 12.2. The van der Waals surface area contributed by atoms with Gasteiger partial charge in [0.1, 0.15) is 6.17 Å². The summed E-state index contributed by atoms with van der Waals surface area (Å²) in [7, 11) is 3.81. The Morgan fingerprint density at radius 2 is 2.39 bits per heavy atom. The minimum Gasteiger partial charge on any atom is -0.345 e. The molecule has 0 spiro atoms. The normalized spacial score (nSPS) is 21.2. The largest absolute Gasteiger partial charge is 0.345 e. The lowest BCUT2D eigenvalue weighted by molar-refractivity contribution is 0.480.